The third kappa shape index (κ3) is 3.99. The second-order valence-electron chi connectivity index (χ2n) is 4.88. The molecular formula is C13H19FN2O2S. The van der Waals surface area contributed by atoms with E-state index in [1.54, 1.807) is 6.07 Å². The van der Waals surface area contributed by atoms with Crippen molar-refractivity contribution >= 4 is 9.84 Å². The highest BCUT2D eigenvalue weighted by Crippen LogP contribution is 2.16. The summed E-state index contributed by atoms with van der Waals surface area (Å²) in [5, 5.41) is 3.28. The molecule has 0 amide bonds. The lowest BCUT2D eigenvalue weighted by molar-refractivity contribution is 0.244. The van der Waals surface area contributed by atoms with Crippen molar-refractivity contribution < 1.29 is 12.8 Å². The summed E-state index contributed by atoms with van der Waals surface area (Å²) in [6, 6.07) is 4.39. The monoisotopic (exact) mass is 286 g/mol. The molecule has 1 fully saturated rings. The van der Waals surface area contributed by atoms with Gasteiger partial charge in [0.15, 0.2) is 9.84 Å². The van der Waals surface area contributed by atoms with E-state index in [-0.39, 0.29) is 4.90 Å². The van der Waals surface area contributed by atoms with Crippen molar-refractivity contribution in [2.75, 3.05) is 39.0 Å². The van der Waals surface area contributed by atoms with Crippen LogP contribution in [0.1, 0.15) is 5.56 Å². The molecule has 0 bridgehead atoms. The van der Waals surface area contributed by atoms with Gasteiger partial charge < -0.3 is 10.2 Å². The third-order valence-corrected chi connectivity index (χ3v) is 4.45. The number of hydrogen-bond donors (Lipinski definition) is 1. The van der Waals surface area contributed by atoms with Crippen molar-refractivity contribution in [1.29, 1.82) is 0 Å². The Morgan fingerprint density at radius 3 is 2.58 bits per heavy atom. The number of benzene rings is 1. The smallest absolute Gasteiger partial charge is 0.178 e. The van der Waals surface area contributed by atoms with Crippen LogP contribution < -0.4 is 5.32 Å². The van der Waals surface area contributed by atoms with Gasteiger partial charge in [0.05, 0.1) is 0 Å². The Morgan fingerprint density at radius 2 is 2.00 bits per heavy atom. The maximum Gasteiger partial charge on any atom is 0.178 e. The molecule has 0 saturated carbocycles. The van der Waals surface area contributed by atoms with Crippen molar-refractivity contribution in [2.45, 2.75) is 11.3 Å². The molecule has 0 aromatic heterocycles. The Bertz CT molecular complexity index is 540. The van der Waals surface area contributed by atoms with E-state index in [1.165, 1.54) is 12.1 Å². The lowest BCUT2D eigenvalue weighted by Gasteiger charge is -2.27. The summed E-state index contributed by atoms with van der Waals surface area (Å²) < 4.78 is 36.3. The van der Waals surface area contributed by atoms with Gasteiger partial charge in [-0.25, -0.2) is 12.8 Å². The molecule has 0 unspecified atom stereocenters. The zero-order chi connectivity index (χ0) is 13.9. The quantitative estimate of drug-likeness (QED) is 0.884. The van der Waals surface area contributed by atoms with Gasteiger partial charge in [-0.2, -0.15) is 0 Å². The highest BCUT2D eigenvalue weighted by atomic mass is 32.2. The topological polar surface area (TPSA) is 49.4 Å². The maximum atomic E-state index is 13.7. The molecule has 2 rings (SSSR count). The summed E-state index contributed by atoms with van der Waals surface area (Å²) in [6.07, 6.45) is 1.76. The molecule has 106 valence electrons. The predicted octanol–water partition coefficient (Wildman–Crippen LogP) is 0.677. The van der Waals surface area contributed by atoms with Crippen LogP contribution in [0.3, 0.4) is 0 Å². The van der Waals surface area contributed by atoms with Crippen molar-refractivity contribution in [1.82, 2.24) is 10.2 Å². The number of halogens is 1. The maximum absolute atomic E-state index is 13.7. The van der Waals surface area contributed by atoms with Crippen LogP contribution in [0.25, 0.3) is 0 Å². The minimum atomic E-state index is -3.48. The Kier molecular flexibility index (Phi) is 4.54. The van der Waals surface area contributed by atoms with Gasteiger partial charge in [0.1, 0.15) is 10.7 Å². The van der Waals surface area contributed by atoms with Gasteiger partial charge in [-0.05, 0) is 24.1 Å². The fourth-order valence-electron chi connectivity index (χ4n) is 2.22. The van der Waals surface area contributed by atoms with E-state index in [0.29, 0.717) is 0 Å². The minimum Gasteiger partial charge on any atom is -0.314 e. The molecule has 19 heavy (non-hydrogen) atoms. The summed E-state index contributed by atoms with van der Waals surface area (Å²) >= 11 is 0. The number of nitrogens with one attached hydrogen (secondary N) is 1. The average Bonchev–Trinajstić information content (AvgIpc) is 2.36. The van der Waals surface area contributed by atoms with Crippen LogP contribution in [0.15, 0.2) is 23.1 Å². The van der Waals surface area contributed by atoms with E-state index in [1.807, 2.05) is 0 Å². The van der Waals surface area contributed by atoms with Gasteiger partial charge in [0.25, 0.3) is 0 Å². The van der Waals surface area contributed by atoms with Crippen LogP contribution >= 0.6 is 0 Å². The van der Waals surface area contributed by atoms with Crippen LogP contribution in [-0.4, -0.2) is 52.3 Å². The summed E-state index contributed by atoms with van der Waals surface area (Å²) in [5.41, 5.74) is 0.837. The Hall–Kier alpha value is -0.980. The molecule has 4 nitrogen and oxygen atoms in total. The van der Waals surface area contributed by atoms with Gasteiger partial charge >= 0.3 is 0 Å². The van der Waals surface area contributed by atoms with Crippen LogP contribution in [0, 0.1) is 5.82 Å². The van der Waals surface area contributed by atoms with E-state index in [4.69, 9.17) is 0 Å². The van der Waals surface area contributed by atoms with Crippen molar-refractivity contribution in [3.8, 4) is 0 Å². The lowest BCUT2D eigenvalue weighted by Crippen LogP contribution is -2.44. The SMILES string of the molecule is CS(=O)(=O)c1ccc(CCN2CCNCC2)cc1F. The largest absolute Gasteiger partial charge is 0.314 e. The molecule has 0 radical (unpaired) electrons. The van der Waals surface area contributed by atoms with Gasteiger partial charge in [-0.3, -0.25) is 0 Å². The standard InChI is InChI=1S/C13H19FN2O2S/c1-19(17,18)13-3-2-11(10-12(13)14)4-7-16-8-5-15-6-9-16/h2-3,10,15H,4-9H2,1H3. The fraction of sp³-hybridized carbons (Fsp3) is 0.538. The van der Waals surface area contributed by atoms with E-state index in [2.05, 4.69) is 10.2 Å². The molecule has 0 spiro atoms. The van der Waals surface area contributed by atoms with Crippen molar-refractivity contribution in [3.05, 3.63) is 29.6 Å². The van der Waals surface area contributed by atoms with Gasteiger partial charge in [-0.1, -0.05) is 6.07 Å². The number of hydrogen-bond acceptors (Lipinski definition) is 4. The lowest BCUT2D eigenvalue weighted by atomic mass is 10.1. The Morgan fingerprint density at radius 1 is 1.32 bits per heavy atom. The Labute approximate surface area is 113 Å². The first-order valence-corrected chi connectivity index (χ1v) is 8.27. The van der Waals surface area contributed by atoms with Crippen molar-refractivity contribution in [3.63, 3.8) is 0 Å². The van der Waals surface area contributed by atoms with Crippen LogP contribution in [-0.2, 0) is 16.3 Å². The first-order chi connectivity index (χ1) is 8.97. The molecule has 1 N–H and O–H groups in total. The zero-order valence-corrected chi connectivity index (χ0v) is 11.8. The van der Waals surface area contributed by atoms with E-state index >= 15 is 0 Å². The number of rotatable bonds is 4. The summed E-state index contributed by atoms with van der Waals surface area (Å²) in [6.45, 7) is 4.86. The molecule has 1 saturated heterocycles. The van der Waals surface area contributed by atoms with Gasteiger partial charge in [-0.15, -0.1) is 0 Å². The molecule has 1 aromatic carbocycles. The third-order valence-electron chi connectivity index (χ3n) is 3.32. The summed E-state index contributed by atoms with van der Waals surface area (Å²) in [7, 11) is -3.48. The average molecular weight is 286 g/mol. The van der Waals surface area contributed by atoms with Crippen molar-refractivity contribution in [2.24, 2.45) is 0 Å². The molecular weight excluding hydrogens is 267 g/mol. The number of nitrogens with zero attached hydrogens (tertiary/aromatic N) is 1. The predicted molar refractivity (Wildman–Crippen MR) is 72.5 cm³/mol. The molecule has 1 aliphatic rings. The molecule has 0 aliphatic carbocycles. The molecule has 6 heteroatoms. The first-order valence-electron chi connectivity index (χ1n) is 6.38. The zero-order valence-electron chi connectivity index (χ0n) is 11.0. The highest BCUT2D eigenvalue weighted by molar-refractivity contribution is 7.90. The molecule has 1 aliphatic heterocycles. The first kappa shape index (κ1) is 14.4. The number of piperazine rings is 1. The fourth-order valence-corrected chi connectivity index (χ4v) is 2.95. The second kappa shape index (κ2) is 5.98. The Balaban J connectivity index is 2.00. The van der Waals surface area contributed by atoms with E-state index in [0.717, 1.165) is 51.0 Å². The highest BCUT2D eigenvalue weighted by Gasteiger charge is 2.14. The second-order valence-corrected chi connectivity index (χ2v) is 6.86. The van der Waals surface area contributed by atoms with E-state index < -0.39 is 15.7 Å². The normalized spacial score (nSPS) is 17.6. The van der Waals surface area contributed by atoms with Crippen LogP contribution in [0.4, 0.5) is 4.39 Å². The van der Waals surface area contributed by atoms with Gasteiger partial charge in [0, 0.05) is 39.0 Å². The van der Waals surface area contributed by atoms with Crippen LogP contribution in [0.5, 0.6) is 0 Å². The van der Waals surface area contributed by atoms with E-state index in [9.17, 15) is 12.8 Å². The summed E-state index contributed by atoms with van der Waals surface area (Å²) in [5.74, 6) is -0.652. The molecule has 1 aromatic rings. The van der Waals surface area contributed by atoms with Crippen LogP contribution in [0.2, 0.25) is 0 Å². The summed E-state index contributed by atoms with van der Waals surface area (Å²) in [4.78, 5) is 2.09. The number of sulfone groups is 1. The molecule has 0 atom stereocenters. The minimum absolute atomic E-state index is 0.224. The van der Waals surface area contributed by atoms with Gasteiger partial charge in [0.2, 0.25) is 0 Å². The molecule has 1 heterocycles.